The topological polar surface area (TPSA) is 91.3 Å². The van der Waals surface area contributed by atoms with Gasteiger partial charge >= 0.3 is 13.8 Å². The van der Waals surface area contributed by atoms with E-state index in [1.165, 1.54) is 148 Å². The van der Waals surface area contributed by atoms with Crippen molar-refractivity contribution >= 4 is 13.8 Å². The van der Waals surface area contributed by atoms with E-state index in [1.807, 2.05) is 21.1 Å². The summed E-state index contributed by atoms with van der Waals surface area (Å²) >= 11 is 0. The van der Waals surface area contributed by atoms with E-state index in [0.717, 1.165) is 38.5 Å². The van der Waals surface area contributed by atoms with Crippen LogP contribution < -0.4 is 0 Å². The van der Waals surface area contributed by atoms with Gasteiger partial charge in [-0.2, -0.15) is 0 Å². The maximum atomic E-state index is 12.5. The van der Waals surface area contributed by atoms with Crippen LogP contribution in [0.2, 0.25) is 0 Å². The molecule has 0 rings (SSSR count). The number of ether oxygens (including phenoxy) is 2. The minimum Gasteiger partial charge on any atom is -0.463 e. The van der Waals surface area contributed by atoms with Crippen LogP contribution in [-0.2, 0) is 27.9 Å². The highest BCUT2D eigenvalue weighted by atomic mass is 31.2. The molecule has 2 atom stereocenters. The number of allylic oxidation sites excluding steroid dienone is 2. The van der Waals surface area contributed by atoms with E-state index < -0.39 is 13.9 Å². The molecule has 0 radical (unpaired) electrons. The number of unbranched alkanes of at least 4 members (excludes halogenated alkanes) is 26. The number of esters is 1. The predicted molar refractivity (Wildman–Crippen MR) is 224 cm³/mol. The Kier molecular flexibility index (Phi) is 37.6. The smallest absolute Gasteiger partial charge is 0.463 e. The molecule has 0 heterocycles. The lowest BCUT2D eigenvalue weighted by molar-refractivity contribution is -0.870. The third-order valence-electron chi connectivity index (χ3n) is 9.86. The Morgan fingerprint density at radius 2 is 0.981 bits per heavy atom. The van der Waals surface area contributed by atoms with Gasteiger partial charge in [-0.25, -0.2) is 4.57 Å². The van der Waals surface area contributed by atoms with Crippen molar-refractivity contribution in [2.75, 3.05) is 54.1 Å². The number of quaternary nitrogens is 1. The number of nitrogens with zero attached hydrogens (tertiary/aromatic N) is 1. The maximum Gasteiger partial charge on any atom is 0.472 e. The van der Waals surface area contributed by atoms with Crippen LogP contribution in [0.15, 0.2) is 12.2 Å². The van der Waals surface area contributed by atoms with E-state index in [2.05, 4.69) is 26.0 Å². The quantitative estimate of drug-likeness (QED) is 0.0217. The van der Waals surface area contributed by atoms with Crippen LogP contribution in [0.4, 0.5) is 0 Å². The molecule has 0 aliphatic carbocycles. The number of carbonyl (C=O) groups is 1. The monoisotopic (exact) mass is 775 g/mol. The Morgan fingerprint density at radius 3 is 1.43 bits per heavy atom. The molecular formula is C44H89NO7P+. The molecule has 0 aromatic heterocycles. The molecule has 0 spiro atoms. The van der Waals surface area contributed by atoms with Gasteiger partial charge in [-0.15, -0.1) is 0 Å². The summed E-state index contributed by atoms with van der Waals surface area (Å²) < 4.78 is 35.1. The lowest BCUT2D eigenvalue weighted by Gasteiger charge is -2.24. The first-order chi connectivity index (χ1) is 25.6. The van der Waals surface area contributed by atoms with Gasteiger partial charge in [0.1, 0.15) is 25.9 Å². The predicted octanol–water partition coefficient (Wildman–Crippen LogP) is 13.1. The number of hydrogen-bond donors (Lipinski definition) is 1. The molecule has 316 valence electrons. The molecule has 1 unspecified atom stereocenters. The molecule has 53 heavy (non-hydrogen) atoms. The summed E-state index contributed by atoms with van der Waals surface area (Å²) in [5, 5.41) is 0. The number of rotatable bonds is 42. The molecule has 0 aromatic rings. The normalized spacial score (nSPS) is 13.8. The highest BCUT2D eigenvalue weighted by Gasteiger charge is 2.25. The summed E-state index contributed by atoms with van der Waals surface area (Å²) in [7, 11) is 1.72. The van der Waals surface area contributed by atoms with Crippen LogP contribution in [-0.4, -0.2) is 75.6 Å². The highest BCUT2D eigenvalue weighted by Crippen LogP contribution is 2.43. The maximum absolute atomic E-state index is 12.5. The molecule has 0 aliphatic rings. The fraction of sp³-hybridized carbons (Fsp3) is 0.932. The van der Waals surface area contributed by atoms with Crippen molar-refractivity contribution in [3.8, 4) is 0 Å². The van der Waals surface area contributed by atoms with Crippen LogP contribution >= 0.6 is 7.82 Å². The van der Waals surface area contributed by atoms with Crippen molar-refractivity contribution in [3.05, 3.63) is 12.2 Å². The van der Waals surface area contributed by atoms with E-state index in [4.69, 9.17) is 18.5 Å². The van der Waals surface area contributed by atoms with E-state index in [9.17, 15) is 14.3 Å². The number of hydrogen-bond acceptors (Lipinski definition) is 6. The van der Waals surface area contributed by atoms with Crippen LogP contribution in [0.25, 0.3) is 0 Å². The molecule has 8 nitrogen and oxygen atoms in total. The van der Waals surface area contributed by atoms with Gasteiger partial charge in [0.2, 0.25) is 0 Å². The Labute approximate surface area is 329 Å². The Balaban J connectivity index is 4.20. The molecule has 9 heteroatoms. The zero-order valence-electron chi connectivity index (χ0n) is 35.8. The SMILES string of the molecule is CCCCCCCC/C=C\CCCCCCCCO[C@H](COC(=O)CCCCCCCCCCCCCCCCC)COP(=O)(O)OCC[N+](C)(C)C. The van der Waals surface area contributed by atoms with Crippen LogP contribution in [0.3, 0.4) is 0 Å². The van der Waals surface area contributed by atoms with Gasteiger partial charge in [0.05, 0.1) is 27.7 Å². The van der Waals surface area contributed by atoms with Crippen molar-refractivity contribution in [2.45, 2.75) is 213 Å². The van der Waals surface area contributed by atoms with Gasteiger partial charge in [0, 0.05) is 13.0 Å². The second-order valence-corrected chi connectivity index (χ2v) is 17.9. The third-order valence-corrected chi connectivity index (χ3v) is 10.8. The molecule has 0 fully saturated rings. The first-order valence-electron chi connectivity index (χ1n) is 22.4. The molecule has 1 N–H and O–H groups in total. The standard InChI is InChI=1S/C44H88NO7P/c1-6-8-10-12-14-16-18-20-22-24-26-28-30-32-34-36-39-49-43(42-52-53(47,48)51-40-38-45(3,4)5)41-50-44(46)37-35-33-31-29-27-25-23-21-19-17-15-13-11-9-7-2/h20,22,43H,6-19,21,23-42H2,1-5H3/p+1/b22-20-/t43-/m1/s1. The van der Waals surface area contributed by atoms with E-state index in [1.54, 1.807) is 0 Å². The van der Waals surface area contributed by atoms with E-state index in [-0.39, 0.29) is 25.8 Å². The van der Waals surface area contributed by atoms with Crippen LogP contribution in [0.1, 0.15) is 206 Å². The van der Waals surface area contributed by atoms with Gasteiger partial charge in [-0.3, -0.25) is 13.8 Å². The van der Waals surface area contributed by atoms with Gasteiger partial charge in [0.25, 0.3) is 0 Å². The summed E-state index contributed by atoms with van der Waals surface area (Å²) in [6.45, 7) is 5.53. The molecule has 0 aromatic carbocycles. The van der Waals surface area contributed by atoms with Crippen molar-refractivity contribution in [2.24, 2.45) is 0 Å². The highest BCUT2D eigenvalue weighted by molar-refractivity contribution is 7.47. The number of carbonyl (C=O) groups excluding carboxylic acids is 1. The van der Waals surface area contributed by atoms with Gasteiger partial charge in [-0.1, -0.05) is 174 Å². The second-order valence-electron chi connectivity index (χ2n) is 16.4. The minimum atomic E-state index is -4.24. The third kappa shape index (κ3) is 42.2. The molecule has 0 aliphatic heterocycles. The minimum absolute atomic E-state index is 0.00281. The van der Waals surface area contributed by atoms with Crippen LogP contribution in [0, 0.1) is 0 Å². The molecule has 0 amide bonds. The molecular weight excluding hydrogens is 685 g/mol. The fourth-order valence-electron chi connectivity index (χ4n) is 6.29. The molecule has 0 bridgehead atoms. The largest absolute Gasteiger partial charge is 0.472 e. The van der Waals surface area contributed by atoms with Crippen LogP contribution in [0.5, 0.6) is 0 Å². The number of likely N-dealkylation sites (N-methyl/N-ethyl adjacent to an activating group) is 1. The molecule has 0 saturated carbocycles. The summed E-state index contributed by atoms with van der Waals surface area (Å²) in [6.07, 6.45) is 41.1. The average molecular weight is 775 g/mol. The zero-order valence-corrected chi connectivity index (χ0v) is 36.7. The van der Waals surface area contributed by atoms with Crippen molar-refractivity contribution in [1.29, 1.82) is 0 Å². The second kappa shape index (κ2) is 38.1. The first kappa shape index (κ1) is 52.2. The summed E-state index contributed by atoms with van der Waals surface area (Å²) in [5.74, 6) is -0.253. The lowest BCUT2D eigenvalue weighted by atomic mass is 10.0. The number of phosphoric ester groups is 1. The number of phosphoric acid groups is 1. The lowest BCUT2D eigenvalue weighted by Crippen LogP contribution is -2.37. The van der Waals surface area contributed by atoms with E-state index >= 15 is 0 Å². The average Bonchev–Trinajstić information content (AvgIpc) is 3.11. The summed E-state index contributed by atoms with van der Waals surface area (Å²) in [6, 6.07) is 0. The zero-order chi connectivity index (χ0) is 39.1. The fourth-order valence-corrected chi connectivity index (χ4v) is 7.03. The Hall–Kier alpha value is -0.760. The van der Waals surface area contributed by atoms with E-state index in [0.29, 0.717) is 24.1 Å². The van der Waals surface area contributed by atoms with Gasteiger partial charge in [-0.05, 0) is 38.5 Å². The summed E-state index contributed by atoms with van der Waals surface area (Å²) in [4.78, 5) is 22.7. The first-order valence-corrected chi connectivity index (χ1v) is 23.9. The van der Waals surface area contributed by atoms with Crippen molar-refractivity contribution < 1.29 is 37.3 Å². The molecule has 0 saturated heterocycles. The Bertz CT molecular complexity index is 863. The Morgan fingerprint density at radius 1 is 0.566 bits per heavy atom. The van der Waals surface area contributed by atoms with Crippen molar-refractivity contribution in [1.82, 2.24) is 0 Å². The van der Waals surface area contributed by atoms with Gasteiger partial charge in [0.15, 0.2) is 0 Å². The summed E-state index contributed by atoms with van der Waals surface area (Å²) in [5.41, 5.74) is 0. The van der Waals surface area contributed by atoms with Gasteiger partial charge < -0.3 is 18.9 Å². The van der Waals surface area contributed by atoms with Crippen molar-refractivity contribution in [3.63, 3.8) is 0 Å².